The Labute approximate surface area is 127 Å². The Balaban J connectivity index is 2.29. The summed E-state index contributed by atoms with van der Waals surface area (Å²) in [5.41, 5.74) is 1.32. The van der Waals surface area contributed by atoms with Gasteiger partial charge in [0.15, 0.2) is 0 Å². The maximum Gasteiger partial charge on any atom is 0.243 e. The molecule has 2 rings (SSSR count). The lowest BCUT2D eigenvalue weighted by molar-refractivity contribution is 0.246. The summed E-state index contributed by atoms with van der Waals surface area (Å²) < 4.78 is 27.2. The van der Waals surface area contributed by atoms with E-state index >= 15 is 0 Å². The van der Waals surface area contributed by atoms with E-state index in [1.807, 2.05) is 0 Å². The largest absolute Gasteiger partial charge is 0.392 e. The first-order valence-electron chi connectivity index (χ1n) is 7.55. The molecular weight excluding hydrogens is 286 g/mol. The molecule has 0 aliphatic heterocycles. The summed E-state index contributed by atoms with van der Waals surface area (Å²) in [6.45, 7) is 3.84. The van der Waals surface area contributed by atoms with Crippen molar-refractivity contribution in [2.45, 2.75) is 57.1 Å². The van der Waals surface area contributed by atoms with Gasteiger partial charge in [-0.1, -0.05) is 19.1 Å². The number of hydrogen-bond acceptors (Lipinski definition) is 3. The summed E-state index contributed by atoms with van der Waals surface area (Å²) in [6, 6.07) is 5.17. The molecule has 1 aromatic carbocycles. The van der Waals surface area contributed by atoms with E-state index in [2.05, 4.69) is 6.92 Å². The van der Waals surface area contributed by atoms with Crippen LogP contribution in [0.4, 0.5) is 0 Å². The highest BCUT2D eigenvalue weighted by Crippen LogP contribution is 2.30. The first-order chi connectivity index (χ1) is 9.87. The van der Waals surface area contributed by atoms with Gasteiger partial charge < -0.3 is 5.11 Å². The number of rotatable bonds is 4. The highest BCUT2D eigenvalue weighted by molar-refractivity contribution is 7.89. The third kappa shape index (κ3) is 3.30. The van der Waals surface area contributed by atoms with Crippen LogP contribution in [-0.4, -0.2) is 30.9 Å². The van der Waals surface area contributed by atoms with Gasteiger partial charge in [-0.15, -0.1) is 0 Å². The molecule has 1 aliphatic carbocycles. The molecule has 4 nitrogen and oxygen atoms in total. The van der Waals surface area contributed by atoms with Gasteiger partial charge in [-0.05, 0) is 55.7 Å². The van der Waals surface area contributed by atoms with Crippen LogP contribution in [0.2, 0.25) is 0 Å². The van der Waals surface area contributed by atoms with Crippen molar-refractivity contribution in [3.8, 4) is 0 Å². The van der Waals surface area contributed by atoms with Crippen LogP contribution < -0.4 is 0 Å². The van der Waals surface area contributed by atoms with Gasteiger partial charge in [0.05, 0.1) is 11.5 Å². The van der Waals surface area contributed by atoms with Gasteiger partial charge in [0.2, 0.25) is 10.0 Å². The Morgan fingerprint density at radius 2 is 1.86 bits per heavy atom. The Kier molecular flexibility index (Phi) is 5.07. The number of nitrogens with zero attached hydrogens (tertiary/aromatic N) is 1. The normalized spacial score (nSPS) is 23.5. The number of aliphatic hydroxyl groups excluding tert-OH is 1. The van der Waals surface area contributed by atoms with Crippen molar-refractivity contribution in [1.29, 1.82) is 0 Å². The molecule has 21 heavy (non-hydrogen) atoms. The molecule has 0 unspecified atom stereocenters. The van der Waals surface area contributed by atoms with E-state index in [4.69, 9.17) is 0 Å². The SMILES string of the molecule is Cc1c(CO)cccc1S(=O)(=O)N(C)C1CCC(C)CC1. The van der Waals surface area contributed by atoms with Crippen LogP contribution in [0.25, 0.3) is 0 Å². The van der Waals surface area contributed by atoms with E-state index in [0.29, 0.717) is 21.9 Å². The summed E-state index contributed by atoms with van der Waals surface area (Å²) in [7, 11) is -1.82. The Morgan fingerprint density at radius 3 is 2.43 bits per heavy atom. The van der Waals surface area contributed by atoms with Gasteiger partial charge in [-0.3, -0.25) is 0 Å². The van der Waals surface area contributed by atoms with Crippen molar-refractivity contribution in [2.75, 3.05) is 7.05 Å². The molecule has 0 amide bonds. The zero-order valence-electron chi connectivity index (χ0n) is 13.0. The van der Waals surface area contributed by atoms with Crippen molar-refractivity contribution in [1.82, 2.24) is 4.31 Å². The number of aliphatic hydroxyl groups is 1. The second-order valence-corrected chi connectivity index (χ2v) is 8.10. The summed E-state index contributed by atoms with van der Waals surface area (Å²) >= 11 is 0. The molecule has 1 aliphatic rings. The minimum absolute atomic E-state index is 0.0865. The minimum Gasteiger partial charge on any atom is -0.392 e. The number of benzene rings is 1. The highest BCUT2D eigenvalue weighted by Gasteiger charge is 2.31. The van der Waals surface area contributed by atoms with Crippen LogP contribution in [0, 0.1) is 12.8 Å². The fraction of sp³-hybridized carbons (Fsp3) is 0.625. The van der Waals surface area contributed by atoms with E-state index in [1.54, 1.807) is 32.2 Å². The van der Waals surface area contributed by atoms with Crippen LogP contribution in [0.5, 0.6) is 0 Å². The molecule has 0 heterocycles. The monoisotopic (exact) mass is 311 g/mol. The van der Waals surface area contributed by atoms with E-state index in [1.165, 1.54) is 4.31 Å². The lowest BCUT2D eigenvalue weighted by Gasteiger charge is -2.33. The molecule has 1 fully saturated rings. The molecule has 1 aromatic rings. The molecule has 0 bridgehead atoms. The Hall–Kier alpha value is -0.910. The predicted molar refractivity (Wildman–Crippen MR) is 83.5 cm³/mol. The maximum atomic E-state index is 12.8. The molecule has 0 saturated heterocycles. The van der Waals surface area contributed by atoms with Crippen LogP contribution in [0.1, 0.15) is 43.7 Å². The zero-order valence-corrected chi connectivity index (χ0v) is 13.9. The summed E-state index contributed by atoms with van der Waals surface area (Å²) in [6.07, 6.45) is 4.02. The van der Waals surface area contributed by atoms with Gasteiger partial charge >= 0.3 is 0 Å². The van der Waals surface area contributed by atoms with E-state index in [9.17, 15) is 13.5 Å². The smallest absolute Gasteiger partial charge is 0.243 e. The fourth-order valence-electron chi connectivity index (χ4n) is 3.07. The van der Waals surface area contributed by atoms with Gasteiger partial charge in [0.1, 0.15) is 0 Å². The molecule has 1 saturated carbocycles. The van der Waals surface area contributed by atoms with Crippen LogP contribution in [0.15, 0.2) is 23.1 Å². The number of hydrogen-bond donors (Lipinski definition) is 1. The van der Waals surface area contributed by atoms with Crippen LogP contribution in [-0.2, 0) is 16.6 Å². The summed E-state index contributed by atoms with van der Waals surface area (Å²) in [5, 5.41) is 9.32. The first-order valence-corrected chi connectivity index (χ1v) is 8.99. The van der Waals surface area contributed by atoms with E-state index < -0.39 is 10.0 Å². The topological polar surface area (TPSA) is 57.6 Å². The lowest BCUT2D eigenvalue weighted by atomic mass is 9.87. The quantitative estimate of drug-likeness (QED) is 0.930. The van der Waals surface area contributed by atoms with E-state index in [-0.39, 0.29) is 12.6 Å². The van der Waals surface area contributed by atoms with E-state index in [0.717, 1.165) is 25.7 Å². The van der Waals surface area contributed by atoms with Gasteiger partial charge in [-0.2, -0.15) is 4.31 Å². The second kappa shape index (κ2) is 6.46. The van der Waals surface area contributed by atoms with Crippen LogP contribution >= 0.6 is 0 Å². The van der Waals surface area contributed by atoms with Gasteiger partial charge in [0.25, 0.3) is 0 Å². The van der Waals surface area contributed by atoms with Gasteiger partial charge in [-0.25, -0.2) is 8.42 Å². The molecule has 0 aromatic heterocycles. The van der Waals surface area contributed by atoms with Crippen molar-refractivity contribution in [3.05, 3.63) is 29.3 Å². The van der Waals surface area contributed by atoms with Crippen molar-refractivity contribution >= 4 is 10.0 Å². The molecule has 118 valence electrons. The fourth-order valence-corrected chi connectivity index (χ4v) is 4.75. The molecule has 0 radical (unpaired) electrons. The molecule has 5 heteroatoms. The maximum absolute atomic E-state index is 12.8. The van der Waals surface area contributed by atoms with Crippen molar-refractivity contribution in [2.24, 2.45) is 5.92 Å². The molecular formula is C16H25NO3S. The second-order valence-electron chi connectivity index (χ2n) is 6.13. The molecule has 0 atom stereocenters. The average Bonchev–Trinajstić information content (AvgIpc) is 2.47. The Morgan fingerprint density at radius 1 is 1.24 bits per heavy atom. The van der Waals surface area contributed by atoms with Gasteiger partial charge in [0, 0.05) is 13.1 Å². The lowest BCUT2D eigenvalue weighted by Crippen LogP contribution is -2.39. The summed E-state index contributed by atoms with van der Waals surface area (Å²) in [5.74, 6) is 0.691. The van der Waals surface area contributed by atoms with Crippen molar-refractivity contribution < 1.29 is 13.5 Å². The molecule has 0 spiro atoms. The average molecular weight is 311 g/mol. The standard InChI is InChI=1S/C16H25NO3S/c1-12-7-9-15(10-8-12)17(3)21(19,20)16-6-4-5-14(11-18)13(16)2/h4-6,12,15,18H,7-11H2,1-3H3. The Bertz CT molecular complexity index is 590. The molecule has 1 N–H and O–H groups in total. The third-order valence-electron chi connectivity index (χ3n) is 4.72. The third-order valence-corrected chi connectivity index (χ3v) is 6.78. The zero-order chi connectivity index (χ0) is 15.6. The highest BCUT2D eigenvalue weighted by atomic mass is 32.2. The van der Waals surface area contributed by atoms with Crippen LogP contribution in [0.3, 0.4) is 0 Å². The minimum atomic E-state index is -3.50. The first kappa shape index (κ1) is 16.5. The number of sulfonamides is 1. The van der Waals surface area contributed by atoms with Crippen molar-refractivity contribution in [3.63, 3.8) is 0 Å². The predicted octanol–water partition coefficient (Wildman–Crippen LogP) is 2.69. The summed E-state index contributed by atoms with van der Waals surface area (Å²) in [4.78, 5) is 0.315.